The molecular formula is C31H25N3O6S. The lowest BCUT2D eigenvalue weighted by Crippen LogP contribution is -2.30. The first-order valence-electron chi connectivity index (χ1n) is 12.4. The molecule has 9 nitrogen and oxygen atoms in total. The molecule has 4 rings (SSSR count). The van der Waals surface area contributed by atoms with E-state index >= 15 is 0 Å². The van der Waals surface area contributed by atoms with E-state index in [0.29, 0.717) is 28.1 Å². The standard InChI is InChI=1S/C31H25N3O6S/c1-40-26-15-9-22(10-16-26)29(35)20-41-27-17-11-24(12-18-27)32-31(37)28(33-30(36)23-5-3-2-4-6-23)19-21-7-13-25(14-8-21)34(38)39/h2-19H,20H2,1H3,(H,32,37)(H,33,36)/b28-19-. The van der Waals surface area contributed by atoms with Crippen molar-refractivity contribution in [2.75, 3.05) is 18.2 Å². The number of thioether (sulfide) groups is 1. The third-order valence-electron chi connectivity index (χ3n) is 5.84. The van der Waals surface area contributed by atoms with Crippen LogP contribution in [-0.2, 0) is 4.79 Å². The Labute approximate surface area is 240 Å². The van der Waals surface area contributed by atoms with Crippen LogP contribution in [0.4, 0.5) is 11.4 Å². The molecule has 4 aromatic rings. The minimum absolute atomic E-state index is 0.0230. The van der Waals surface area contributed by atoms with Gasteiger partial charge in [-0.1, -0.05) is 18.2 Å². The van der Waals surface area contributed by atoms with Crippen molar-refractivity contribution in [1.82, 2.24) is 5.32 Å². The fourth-order valence-corrected chi connectivity index (χ4v) is 4.44. The topological polar surface area (TPSA) is 128 Å². The van der Waals surface area contributed by atoms with Crippen LogP contribution < -0.4 is 15.4 Å². The first-order valence-corrected chi connectivity index (χ1v) is 13.3. The summed E-state index contributed by atoms with van der Waals surface area (Å²) in [7, 11) is 1.57. The molecule has 0 aromatic heterocycles. The zero-order valence-electron chi connectivity index (χ0n) is 21.9. The summed E-state index contributed by atoms with van der Waals surface area (Å²) in [5.74, 6) is -0.168. The number of ketones is 1. The SMILES string of the molecule is COc1ccc(C(=O)CSc2ccc(NC(=O)/C(=C/c3ccc([N+](=O)[O-])cc3)NC(=O)c3ccccc3)cc2)cc1. The molecule has 0 heterocycles. The highest BCUT2D eigenvalue weighted by atomic mass is 32.2. The number of non-ortho nitro benzene ring substituents is 1. The molecule has 4 aromatic carbocycles. The molecule has 0 aliphatic heterocycles. The second-order valence-corrected chi connectivity index (χ2v) is 9.69. The molecule has 0 unspecified atom stereocenters. The third kappa shape index (κ3) is 8.13. The number of anilines is 1. The van der Waals surface area contributed by atoms with Gasteiger partial charge < -0.3 is 15.4 Å². The molecule has 0 saturated carbocycles. The van der Waals surface area contributed by atoms with Crippen LogP contribution in [0.3, 0.4) is 0 Å². The van der Waals surface area contributed by atoms with Crippen LogP contribution in [0.5, 0.6) is 5.75 Å². The number of nitro groups is 1. The van der Waals surface area contributed by atoms with Gasteiger partial charge in [-0.25, -0.2) is 0 Å². The summed E-state index contributed by atoms with van der Waals surface area (Å²) in [6.45, 7) is 0. The van der Waals surface area contributed by atoms with E-state index in [1.54, 1.807) is 86.0 Å². The smallest absolute Gasteiger partial charge is 0.272 e. The monoisotopic (exact) mass is 567 g/mol. The molecule has 10 heteroatoms. The number of methoxy groups -OCH3 is 1. The molecule has 0 aliphatic rings. The number of Topliss-reactive ketones (excluding diaryl/α,β-unsaturated/α-hetero) is 1. The van der Waals surface area contributed by atoms with E-state index in [-0.39, 0.29) is 22.9 Å². The van der Waals surface area contributed by atoms with E-state index in [2.05, 4.69) is 10.6 Å². The van der Waals surface area contributed by atoms with Crippen LogP contribution in [-0.4, -0.2) is 35.4 Å². The maximum Gasteiger partial charge on any atom is 0.272 e. The Balaban J connectivity index is 1.44. The van der Waals surface area contributed by atoms with Gasteiger partial charge in [0.15, 0.2) is 5.78 Å². The zero-order valence-corrected chi connectivity index (χ0v) is 22.7. The Bertz CT molecular complexity index is 1570. The van der Waals surface area contributed by atoms with Crippen molar-refractivity contribution < 1.29 is 24.0 Å². The minimum atomic E-state index is -0.581. The normalized spacial score (nSPS) is 10.9. The maximum atomic E-state index is 13.2. The summed E-state index contributed by atoms with van der Waals surface area (Å²) in [5.41, 5.74) is 1.78. The van der Waals surface area contributed by atoms with Crippen molar-refractivity contribution in [3.8, 4) is 5.75 Å². The first kappa shape index (κ1) is 28.8. The third-order valence-corrected chi connectivity index (χ3v) is 6.85. The first-order chi connectivity index (χ1) is 19.8. The average Bonchev–Trinajstić information content (AvgIpc) is 3.01. The lowest BCUT2D eigenvalue weighted by atomic mass is 10.1. The molecule has 0 atom stereocenters. The number of rotatable bonds is 11. The number of carbonyl (C=O) groups excluding carboxylic acids is 3. The van der Waals surface area contributed by atoms with Crippen LogP contribution in [0.15, 0.2) is 114 Å². The number of benzene rings is 4. The number of hydrogen-bond acceptors (Lipinski definition) is 7. The van der Waals surface area contributed by atoms with Crippen molar-refractivity contribution in [3.05, 3.63) is 136 Å². The highest BCUT2D eigenvalue weighted by molar-refractivity contribution is 8.00. The number of nitro benzene ring substituents is 1. The van der Waals surface area contributed by atoms with Gasteiger partial charge in [-0.05, 0) is 84.4 Å². The number of hydrogen-bond donors (Lipinski definition) is 2. The van der Waals surface area contributed by atoms with E-state index < -0.39 is 16.7 Å². The van der Waals surface area contributed by atoms with E-state index in [4.69, 9.17) is 4.74 Å². The number of carbonyl (C=O) groups is 3. The number of nitrogens with one attached hydrogen (secondary N) is 2. The van der Waals surface area contributed by atoms with Gasteiger partial charge in [-0.3, -0.25) is 24.5 Å². The van der Waals surface area contributed by atoms with Gasteiger partial charge in [-0.2, -0.15) is 0 Å². The van der Waals surface area contributed by atoms with Gasteiger partial charge in [0.25, 0.3) is 17.5 Å². The minimum Gasteiger partial charge on any atom is -0.497 e. The van der Waals surface area contributed by atoms with Crippen molar-refractivity contribution in [3.63, 3.8) is 0 Å². The fourth-order valence-electron chi connectivity index (χ4n) is 3.64. The van der Waals surface area contributed by atoms with Crippen molar-refractivity contribution in [2.45, 2.75) is 4.90 Å². The fraction of sp³-hybridized carbons (Fsp3) is 0.0645. The molecule has 0 aliphatic carbocycles. The zero-order chi connectivity index (χ0) is 29.2. The van der Waals surface area contributed by atoms with E-state index in [9.17, 15) is 24.5 Å². The van der Waals surface area contributed by atoms with Crippen LogP contribution in [0.1, 0.15) is 26.3 Å². The van der Waals surface area contributed by atoms with Crippen LogP contribution >= 0.6 is 11.8 Å². The second-order valence-electron chi connectivity index (χ2n) is 8.65. The lowest BCUT2D eigenvalue weighted by Gasteiger charge is -2.12. The van der Waals surface area contributed by atoms with Gasteiger partial charge in [-0.15, -0.1) is 11.8 Å². The van der Waals surface area contributed by atoms with Gasteiger partial charge in [0.2, 0.25) is 0 Å². The molecule has 0 bridgehead atoms. The summed E-state index contributed by atoms with van der Waals surface area (Å²) < 4.78 is 5.12. The van der Waals surface area contributed by atoms with E-state index in [1.165, 1.54) is 42.1 Å². The Morgan fingerprint density at radius 3 is 2.12 bits per heavy atom. The molecule has 0 radical (unpaired) electrons. The molecule has 0 fully saturated rings. The number of nitrogens with zero attached hydrogens (tertiary/aromatic N) is 1. The van der Waals surface area contributed by atoms with E-state index in [0.717, 1.165) is 4.90 Å². The largest absolute Gasteiger partial charge is 0.497 e. The Morgan fingerprint density at radius 2 is 1.51 bits per heavy atom. The van der Waals surface area contributed by atoms with Crippen LogP contribution in [0, 0.1) is 10.1 Å². The summed E-state index contributed by atoms with van der Waals surface area (Å²) in [6.07, 6.45) is 1.44. The molecule has 0 saturated heterocycles. The predicted octanol–water partition coefficient (Wildman–Crippen LogP) is 5.99. The van der Waals surface area contributed by atoms with Crippen LogP contribution in [0.25, 0.3) is 6.08 Å². The Kier molecular flexibility index (Phi) is 9.63. The highest BCUT2D eigenvalue weighted by Gasteiger charge is 2.16. The summed E-state index contributed by atoms with van der Waals surface area (Å²) in [5, 5.41) is 16.4. The van der Waals surface area contributed by atoms with Crippen molar-refractivity contribution in [1.29, 1.82) is 0 Å². The molecule has 41 heavy (non-hydrogen) atoms. The highest BCUT2D eigenvalue weighted by Crippen LogP contribution is 2.23. The molecule has 2 amide bonds. The molecule has 2 N–H and O–H groups in total. The average molecular weight is 568 g/mol. The quantitative estimate of drug-likeness (QED) is 0.0749. The summed E-state index contributed by atoms with van der Waals surface area (Å²) >= 11 is 1.37. The van der Waals surface area contributed by atoms with Crippen LogP contribution in [0.2, 0.25) is 0 Å². The predicted molar refractivity (Wildman–Crippen MR) is 158 cm³/mol. The summed E-state index contributed by atoms with van der Waals surface area (Å²) in [6, 6.07) is 27.9. The Morgan fingerprint density at radius 1 is 0.854 bits per heavy atom. The molecular weight excluding hydrogens is 542 g/mol. The van der Waals surface area contributed by atoms with Gasteiger partial charge in [0, 0.05) is 33.8 Å². The molecule has 0 spiro atoms. The van der Waals surface area contributed by atoms with Gasteiger partial charge >= 0.3 is 0 Å². The number of amides is 2. The maximum absolute atomic E-state index is 13.2. The number of ether oxygens (including phenoxy) is 1. The van der Waals surface area contributed by atoms with Gasteiger partial charge in [0.1, 0.15) is 11.4 Å². The molecule has 206 valence electrons. The van der Waals surface area contributed by atoms with Crippen molar-refractivity contribution >= 4 is 46.8 Å². The summed E-state index contributed by atoms with van der Waals surface area (Å²) in [4.78, 5) is 49.8. The van der Waals surface area contributed by atoms with Crippen molar-refractivity contribution in [2.24, 2.45) is 0 Å². The Hall–Kier alpha value is -5.22. The van der Waals surface area contributed by atoms with Gasteiger partial charge in [0.05, 0.1) is 17.8 Å². The van der Waals surface area contributed by atoms with E-state index in [1.807, 2.05) is 0 Å². The second kappa shape index (κ2) is 13.7. The lowest BCUT2D eigenvalue weighted by molar-refractivity contribution is -0.384.